The van der Waals surface area contributed by atoms with Crippen LogP contribution in [0, 0.1) is 6.92 Å². The third-order valence-corrected chi connectivity index (χ3v) is 6.04. The molecule has 0 radical (unpaired) electrons. The van der Waals surface area contributed by atoms with Gasteiger partial charge in [0.25, 0.3) is 0 Å². The minimum absolute atomic E-state index is 0.0781. The van der Waals surface area contributed by atoms with E-state index in [4.69, 9.17) is 16.6 Å². The summed E-state index contributed by atoms with van der Waals surface area (Å²) in [6, 6.07) is 14.1. The van der Waals surface area contributed by atoms with Crippen molar-refractivity contribution >= 4 is 34.2 Å². The van der Waals surface area contributed by atoms with E-state index in [1.54, 1.807) is 0 Å². The van der Waals surface area contributed by atoms with E-state index in [0.29, 0.717) is 18.0 Å². The highest BCUT2D eigenvalue weighted by Crippen LogP contribution is 2.34. The lowest BCUT2D eigenvalue weighted by Crippen LogP contribution is -2.24. The maximum atomic E-state index is 12.8. The molecule has 5 nitrogen and oxygen atoms in total. The highest BCUT2D eigenvalue weighted by molar-refractivity contribution is 6.31. The van der Waals surface area contributed by atoms with E-state index < -0.39 is 0 Å². The zero-order valence-corrected chi connectivity index (χ0v) is 18.0. The van der Waals surface area contributed by atoms with Gasteiger partial charge in [-0.15, -0.1) is 0 Å². The number of anilines is 1. The van der Waals surface area contributed by atoms with E-state index in [0.717, 1.165) is 47.6 Å². The molecule has 1 aliphatic heterocycles. The quantitative estimate of drug-likeness (QED) is 0.602. The molecule has 1 unspecified atom stereocenters. The van der Waals surface area contributed by atoms with Gasteiger partial charge in [0.2, 0.25) is 5.91 Å². The Labute approximate surface area is 176 Å². The minimum Gasteiger partial charge on any atom is -0.328 e. The van der Waals surface area contributed by atoms with Gasteiger partial charge in [-0.3, -0.25) is 4.79 Å². The van der Waals surface area contributed by atoms with Crippen LogP contribution in [0.3, 0.4) is 0 Å². The molecule has 152 valence electrons. The second-order valence-corrected chi connectivity index (χ2v) is 8.51. The molecule has 1 atom stereocenters. The van der Waals surface area contributed by atoms with Crippen molar-refractivity contribution < 1.29 is 4.79 Å². The Hall–Kier alpha value is -2.37. The molecular formula is C23H27ClN4O. The first kappa shape index (κ1) is 19.9. The highest BCUT2D eigenvalue weighted by atomic mass is 35.5. The zero-order chi connectivity index (χ0) is 20.5. The van der Waals surface area contributed by atoms with Crippen LogP contribution in [0.5, 0.6) is 0 Å². The number of halogens is 1. The van der Waals surface area contributed by atoms with Gasteiger partial charge in [0.15, 0.2) is 0 Å². The summed E-state index contributed by atoms with van der Waals surface area (Å²) in [5.74, 6) is 1.22. The summed E-state index contributed by atoms with van der Waals surface area (Å²) < 4.78 is 2.31. The first-order valence-corrected chi connectivity index (χ1v) is 10.5. The Morgan fingerprint density at radius 3 is 2.76 bits per heavy atom. The third-order valence-electron chi connectivity index (χ3n) is 5.63. The number of hydrogen-bond acceptors (Lipinski definition) is 3. The number of carbonyl (C=O) groups excluding carboxylic acids is 1. The van der Waals surface area contributed by atoms with Gasteiger partial charge < -0.3 is 14.4 Å². The molecule has 1 fully saturated rings. The maximum absolute atomic E-state index is 12.8. The smallest absolute Gasteiger partial charge is 0.227 e. The van der Waals surface area contributed by atoms with Crippen molar-refractivity contribution in [1.82, 2.24) is 14.5 Å². The number of amides is 1. The van der Waals surface area contributed by atoms with Crippen molar-refractivity contribution in [2.75, 3.05) is 32.1 Å². The number of aromatic nitrogens is 2. The summed E-state index contributed by atoms with van der Waals surface area (Å²) in [5, 5.41) is 0.690. The molecule has 6 heteroatoms. The Morgan fingerprint density at radius 2 is 2.00 bits per heavy atom. The molecule has 4 rings (SSSR count). The number of benzene rings is 2. The minimum atomic E-state index is 0.0781. The van der Waals surface area contributed by atoms with Crippen LogP contribution in [-0.4, -0.2) is 47.5 Å². The molecule has 0 spiro atoms. The van der Waals surface area contributed by atoms with Crippen LogP contribution in [-0.2, 0) is 11.3 Å². The standard InChI is InChI=1S/C23H27ClN4O/c1-16-9-10-18(14-19(16)24)28-15-17(13-22(28)29)23-25-20-7-4-5-8-21(20)27(23)12-6-11-26(2)3/h4-5,7-10,14,17H,6,11-13,15H2,1-3H3. The van der Waals surface area contributed by atoms with Crippen LogP contribution in [0.2, 0.25) is 5.02 Å². The summed E-state index contributed by atoms with van der Waals surface area (Å²) >= 11 is 6.30. The fourth-order valence-electron chi connectivity index (χ4n) is 4.07. The van der Waals surface area contributed by atoms with Gasteiger partial charge in [-0.2, -0.15) is 0 Å². The molecule has 0 saturated carbocycles. The van der Waals surface area contributed by atoms with E-state index in [1.807, 2.05) is 36.1 Å². The predicted octanol–water partition coefficient (Wildman–Crippen LogP) is 4.47. The molecule has 29 heavy (non-hydrogen) atoms. The van der Waals surface area contributed by atoms with Crippen LogP contribution in [0.15, 0.2) is 42.5 Å². The van der Waals surface area contributed by atoms with E-state index in [2.05, 4.69) is 41.8 Å². The SMILES string of the molecule is Cc1ccc(N2CC(c3nc4ccccc4n3CCCN(C)C)CC2=O)cc1Cl. The van der Waals surface area contributed by atoms with Gasteiger partial charge in [0.1, 0.15) is 5.82 Å². The first-order chi connectivity index (χ1) is 13.9. The number of fused-ring (bicyclic) bond motifs is 1. The van der Waals surface area contributed by atoms with Crippen molar-refractivity contribution in [3.63, 3.8) is 0 Å². The normalized spacial score (nSPS) is 17.1. The van der Waals surface area contributed by atoms with Crippen LogP contribution in [0.4, 0.5) is 5.69 Å². The molecule has 1 aliphatic rings. The van der Waals surface area contributed by atoms with Gasteiger partial charge in [-0.05, 0) is 63.8 Å². The number of aryl methyl sites for hydroxylation is 2. The summed E-state index contributed by atoms with van der Waals surface area (Å²) in [6.45, 7) is 4.52. The van der Waals surface area contributed by atoms with E-state index in [9.17, 15) is 4.79 Å². The number of para-hydroxylation sites is 2. The van der Waals surface area contributed by atoms with Crippen molar-refractivity contribution in [1.29, 1.82) is 0 Å². The molecule has 2 aromatic carbocycles. The van der Waals surface area contributed by atoms with E-state index in [-0.39, 0.29) is 11.8 Å². The van der Waals surface area contributed by atoms with Gasteiger partial charge in [0, 0.05) is 36.1 Å². The van der Waals surface area contributed by atoms with Gasteiger partial charge >= 0.3 is 0 Å². The van der Waals surface area contributed by atoms with Crippen LogP contribution in [0.1, 0.15) is 30.1 Å². The fraction of sp³-hybridized carbons (Fsp3) is 0.391. The predicted molar refractivity (Wildman–Crippen MR) is 119 cm³/mol. The molecule has 2 heterocycles. The Morgan fingerprint density at radius 1 is 1.21 bits per heavy atom. The maximum Gasteiger partial charge on any atom is 0.227 e. The zero-order valence-electron chi connectivity index (χ0n) is 17.2. The molecule has 0 bridgehead atoms. The molecule has 1 amide bonds. The number of imidazole rings is 1. The Kier molecular flexibility index (Phi) is 5.61. The molecule has 1 saturated heterocycles. The average molecular weight is 411 g/mol. The van der Waals surface area contributed by atoms with Crippen LogP contribution in [0.25, 0.3) is 11.0 Å². The van der Waals surface area contributed by atoms with Gasteiger partial charge in [-0.25, -0.2) is 4.98 Å². The summed E-state index contributed by atoms with van der Waals surface area (Å²) in [7, 11) is 4.18. The second-order valence-electron chi connectivity index (χ2n) is 8.11. The number of nitrogens with zero attached hydrogens (tertiary/aromatic N) is 4. The molecule has 0 aliphatic carbocycles. The summed E-state index contributed by atoms with van der Waals surface area (Å²) in [5.41, 5.74) is 4.02. The third kappa shape index (κ3) is 4.02. The molecule has 3 aromatic rings. The van der Waals surface area contributed by atoms with E-state index in [1.165, 1.54) is 0 Å². The fourth-order valence-corrected chi connectivity index (χ4v) is 4.24. The molecule has 1 aromatic heterocycles. The lowest BCUT2D eigenvalue weighted by Gasteiger charge is -2.18. The van der Waals surface area contributed by atoms with E-state index >= 15 is 0 Å². The Bertz CT molecular complexity index is 1040. The van der Waals surface area contributed by atoms with Crippen molar-refractivity contribution in [3.05, 3.63) is 58.9 Å². The largest absolute Gasteiger partial charge is 0.328 e. The van der Waals surface area contributed by atoms with Crippen LogP contribution < -0.4 is 4.90 Å². The lowest BCUT2D eigenvalue weighted by molar-refractivity contribution is -0.117. The summed E-state index contributed by atoms with van der Waals surface area (Å²) in [4.78, 5) is 21.8. The van der Waals surface area contributed by atoms with Gasteiger partial charge in [0.05, 0.1) is 11.0 Å². The molecular weight excluding hydrogens is 384 g/mol. The number of hydrogen-bond donors (Lipinski definition) is 0. The second kappa shape index (κ2) is 8.17. The number of carbonyl (C=O) groups is 1. The topological polar surface area (TPSA) is 41.4 Å². The molecule has 0 N–H and O–H groups in total. The van der Waals surface area contributed by atoms with Crippen molar-refractivity contribution in [3.8, 4) is 0 Å². The lowest BCUT2D eigenvalue weighted by atomic mass is 10.1. The monoisotopic (exact) mass is 410 g/mol. The summed E-state index contributed by atoms with van der Waals surface area (Å²) in [6.07, 6.45) is 1.51. The Balaban J connectivity index is 1.64. The first-order valence-electron chi connectivity index (χ1n) is 10.1. The van der Waals surface area contributed by atoms with Gasteiger partial charge in [-0.1, -0.05) is 29.8 Å². The van der Waals surface area contributed by atoms with Crippen molar-refractivity contribution in [2.24, 2.45) is 0 Å². The van der Waals surface area contributed by atoms with Crippen molar-refractivity contribution in [2.45, 2.75) is 32.2 Å². The highest BCUT2D eigenvalue weighted by Gasteiger charge is 2.34. The van der Waals surface area contributed by atoms with Crippen LogP contribution >= 0.6 is 11.6 Å². The number of rotatable bonds is 6. The average Bonchev–Trinajstić information content (AvgIpc) is 3.25.